The van der Waals surface area contributed by atoms with E-state index < -0.39 is 0 Å². The van der Waals surface area contributed by atoms with Crippen LogP contribution in [0.5, 0.6) is 0 Å². The van der Waals surface area contributed by atoms with Gasteiger partial charge in [-0.15, -0.1) is 0 Å². The number of hydrogen-bond donors (Lipinski definition) is 0. The largest absolute Gasteiger partial charge is 0.464 e. The molecule has 13 heavy (non-hydrogen) atoms. The Balaban J connectivity index is 2.54. The highest BCUT2D eigenvalue weighted by atomic mass is 16.3. The average molecular weight is 173 g/mol. The van der Waals surface area contributed by atoms with Crippen molar-refractivity contribution in [2.24, 2.45) is 0 Å². The molecule has 0 saturated carbocycles. The number of carbonyl (C=O) groups is 1. The lowest BCUT2D eigenvalue weighted by Crippen LogP contribution is -1.95. The summed E-state index contributed by atoms with van der Waals surface area (Å²) < 4.78 is 5.16. The molecule has 0 N–H and O–H groups in total. The van der Waals surface area contributed by atoms with Crippen LogP contribution in [-0.2, 0) is 0 Å². The van der Waals surface area contributed by atoms with Gasteiger partial charge in [0, 0.05) is 17.4 Å². The monoisotopic (exact) mass is 173 g/mol. The van der Waals surface area contributed by atoms with Crippen molar-refractivity contribution in [1.82, 2.24) is 0 Å². The van der Waals surface area contributed by atoms with Crippen LogP contribution in [0.3, 0.4) is 0 Å². The Bertz CT molecular complexity index is 440. The summed E-state index contributed by atoms with van der Waals surface area (Å²) in [6.45, 7) is 1.74. The van der Waals surface area contributed by atoms with Crippen LogP contribution >= 0.6 is 0 Å². The molecule has 2 heteroatoms. The van der Waals surface area contributed by atoms with Crippen molar-refractivity contribution in [2.45, 2.75) is 6.92 Å². The van der Waals surface area contributed by atoms with E-state index in [1.807, 2.05) is 18.2 Å². The lowest BCUT2D eigenvalue weighted by Gasteiger charge is -1.96. The Morgan fingerprint density at radius 1 is 1.38 bits per heavy atom. The summed E-state index contributed by atoms with van der Waals surface area (Å²) in [6, 6.07) is 7.27. The highest BCUT2D eigenvalue weighted by Gasteiger charge is 2.04. The lowest BCUT2D eigenvalue weighted by molar-refractivity contribution is 0.103. The van der Waals surface area contributed by atoms with Gasteiger partial charge in [-0.25, -0.2) is 0 Å². The van der Waals surface area contributed by atoms with Crippen molar-refractivity contribution in [3.05, 3.63) is 42.5 Å². The molecule has 1 heterocycles. The van der Waals surface area contributed by atoms with E-state index in [1.54, 1.807) is 25.7 Å². The highest BCUT2D eigenvalue weighted by molar-refractivity contribution is 6.04. The van der Waals surface area contributed by atoms with Gasteiger partial charge < -0.3 is 4.42 Å². The molecule has 1 aromatic heterocycles. The third-order valence-corrected chi connectivity index (χ3v) is 2.00. The van der Waals surface area contributed by atoms with Crippen LogP contribution in [0.2, 0.25) is 0 Å². The summed E-state index contributed by atoms with van der Waals surface area (Å²) in [7, 11) is 0. The average Bonchev–Trinajstić information content (AvgIpc) is 2.63. The van der Waals surface area contributed by atoms with Gasteiger partial charge in [-0.3, -0.25) is 4.79 Å². The molecule has 1 radical (unpaired) electrons. The standard InChI is InChI=1S/C11H9O2/c1-2-10(12)8-3-4-11-9(7-8)5-6-13-11/h2-7H,1H3. The van der Waals surface area contributed by atoms with Crippen LogP contribution in [0.4, 0.5) is 0 Å². The van der Waals surface area contributed by atoms with Crippen molar-refractivity contribution in [1.29, 1.82) is 0 Å². The molecule has 0 aliphatic heterocycles. The number of hydrogen-bond acceptors (Lipinski definition) is 2. The fourth-order valence-electron chi connectivity index (χ4n) is 1.29. The minimum Gasteiger partial charge on any atom is -0.464 e. The second-order valence-corrected chi connectivity index (χ2v) is 2.83. The van der Waals surface area contributed by atoms with Crippen molar-refractivity contribution in [3.63, 3.8) is 0 Å². The lowest BCUT2D eigenvalue weighted by atomic mass is 10.1. The molecule has 0 aliphatic carbocycles. The maximum atomic E-state index is 11.3. The molecule has 65 valence electrons. The van der Waals surface area contributed by atoms with Gasteiger partial charge >= 0.3 is 0 Å². The van der Waals surface area contributed by atoms with E-state index in [2.05, 4.69) is 0 Å². The Morgan fingerprint density at radius 2 is 2.23 bits per heavy atom. The molecule has 2 nitrogen and oxygen atoms in total. The van der Waals surface area contributed by atoms with E-state index in [9.17, 15) is 4.79 Å². The second kappa shape index (κ2) is 3.05. The van der Waals surface area contributed by atoms with Crippen LogP contribution < -0.4 is 0 Å². The van der Waals surface area contributed by atoms with Crippen LogP contribution in [0.1, 0.15) is 17.3 Å². The summed E-state index contributed by atoms with van der Waals surface area (Å²) >= 11 is 0. The van der Waals surface area contributed by atoms with Gasteiger partial charge in [-0.2, -0.15) is 0 Å². The van der Waals surface area contributed by atoms with Gasteiger partial charge in [0.2, 0.25) is 0 Å². The predicted molar refractivity (Wildman–Crippen MR) is 50.5 cm³/mol. The van der Waals surface area contributed by atoms with E-state index >= 15 is 0 Å². The first-order valence-electron chi connectivity index (χ1n) is 4.12. The number of carbonyl (C=O) groups excluding carboxylic acids is 1. The molecule has 0 atom stereocenters. The highest BCUT2D eigenvalue weighted by Crippen LogP contribution is 2.17. The predicted octanol–water partition coefficient (Wildman–Crippen LogP) is 2.84. The van der Waals surface area contributed by atoms with Crippen molar-refractivity contribution in [3.8, 4) is 0 Å². The van der Waals surface area contributed by atoms with Gasteiger partial charge in [-0.1, -0.05) is 6.92 Å². The molecule has 0 aliphatic rings. The minimum absolute atomic E-state index is 0.0445. The fraction of sp³-hybridized carbons (Fsp3) is 0.0909. The SMILES string of the molecule is C[CH]C(=O)c1ccc2occc2c1. The first-order valence-corrected chi connectivity index (χ1v) is 4.12. The number of fused-ring (bicyclic) bond motifs is 1. The number of Topliss-reactive ketones (excluding diaryl/α,β-unsaturated/α-hetero) is 1. The number of furan rings is 1. The molecule has 0 saturated heterocycles. The Morgan fingerprint density at radius 3 is 3.00 bits per heavy atom. The summed E-state index contributed by atoms with van der Waals surface area (Å²) in [4.78, 5) is 11.3. The molecule has 0 unspecified atom stereocenters. The van der Waals surface area contributed by atoms with Crippen LogP contribution in [-0.4, -0.2) is 5.78 Å². The summed E-state index contributed by atoms with van der Waals surface area (Å²) in [5, 5.41) is 0.965. The van der Waals surface area contributed by atoms with E-state index in [0.717, 1.165) is 11.0 Å². The summed E-state index contributed by atoms with van der Waals surface area (Å²) in [6.07, 6.45) is 3.18. The van der Waals surface area contributed by atoms with Crippen LogP contribution in [0, 0.1) is 6.42 Å². The van der Waals surface area contributed by atoms with E-state index in [0.29, 0.717) is 5.56 Å². The van der Waals surface area contributed by atoms with Gasteiger partial charge in [-0.05, 0) is 24.3 Å². The third-order valence-electron chi connectivity index (χ3n) is 2.00. The normalized spacial score (nSPS) is 10.5. The first-order chi connectivity index (χ1) is 6.31. The zero-order valence-electron chi connectivity index (χ0n) is 7.28. The van der Waals surface area contributed by atoms with Gasteiger partial charge in [0.25, 0.3) is 0 Å². The second-order valence-electron chi connectivity index (χ2n) is 2.83. The zero-order chi connectivity index (χ0) is 9.26. The molecule has 0 amide bonds. The van der Waals surface area contributed by atoms with Gasteiger partial charge in [0.1, 0.15) is 5.58 Å². The van der Waals surface area contributed by atoms with Gasteiger partial charge in [0.05, 0.1) is 6.26 Å². The van der Waals surface area contributed by atoms with Crippen LogP contribution in [0.25, 0.3) is 11.0 Å². The zero-order valence-corrected chi connectivity index (χ0v) is 7.28. The molecule has 1 aromatic carbocycles. The topological polar surface area (TPSA) is 30.2 Å². The minimum atomic E-state index is 0.0445. The van der Waals surface area contributed by atoms with E-state index in [4.69, 9.17) is 4.42 Å². The molecular formula is C11H9O2. The number of rotatable bonds is 2. The van der Waals surface area contributed by atoms with Gasteiger partial charge in [0.15, 0.2) is 5.78 Å². The molecular weight excluding hydrogens is 164 g/mol. The third kappa shape index (κ3) is 1.35. The molecule has 2 aromatic rings. The molecule has 0 bridgehead atoms. The van der Waals surface area contributed by atoms with Crippen molar-refractivity contribution < 1.29 is 9.21 Å². The van der Waals surface area contributed by atoms with E-state index in [-0.39, 0.29) is 5.78 Å². The Labute approximate surface area is 76.2 Å². The molecule has 2 rings (SSSR count). The number of benzene rings is 1. The summed E-state index contributed by atoms with van der Waals surface area (Å²) in [5.74, 6) is 0.0445. The number of ketones is 1. The quantitative estimate of drug-likeness (QED) is 0.653. The van der Waals surface area contributed by atoms with Crippen LogP contribution in [0.15, 0.2) is 34.9 Å². The fourth-order valence-corrected chi connectivity index (χ4v) is 1.29. The molecule has 0 fully saturated rings. The first kappa shape index (κ1) is 8.05. The van der Waals surface area contributed by atoms with Crippen molar-refractivity contribution in [2.75, 3.05) is 0 Å². The molecule has 0 spiro atoms. The maximum Gasteiger partial charge on any atom is 0.166 e. The smallest absolute Gasteiger partial charge is 0.166 e. The Hall–Kier alpha value is -1.57. The maximum absolute atomic E-state index is 11.3. The van der Waals surface area contributed by atoms with Crippen molar-refractivity contribution >= 4 is 16.8 Å². The summed E-state index contributed by atoms with van der Waals surface area (Å²) in [5.41, 5.74) is 1.52. The Kier molecular flexibility index (Phi) is 1.89. The van der Waals surface area contributed by atoms with E-state index in [1.165, 1.54) is 0 Å².